The first-order valence-corrected chi connectivity index (χ1v) is 25.1. The van der Waals surface area contributed by atoms with Crippen LogP contribution >= 0.6 is 0 Å². The second kappa shape index (κ2) is 27.7. The minimum absolute atomic E-state index is 0.0197. The molecule has 16 heteroatoms. The SMILES string of the molecule is O=C(CCOCCOCCOCCOCCNC(=O)c1ccc(N=Nc2ccc(CCNC(=O)OCC3c4ccccc4-c4ccccc43)cc2O)cc1)NCCC(=O)N1Cc2ccccc2C#Cc2ccccc21. The van der Waals surface area contributed by atoms with Crippen LogP contribution in [0.25, 0.3) is 11.1 Å². The molecule has 2 aliphatic rings. The molecule has 0 saturated carbocycles. The molecule has 4 N–H and O–H groups in total. The van der Waals surface area contributed by atoms with Crippen molar-refractivity contribution < 1.29 is 48.0 Å². The summed E-state index contributed by atoms with van der Waals surface area (Å²) < 4.78 is 27.8. The zero-order chi connectivity index (χ0) is 52.0. The number of para-hydroxylation sites is 1. The molecule has 0 aromatic heterocycles. The molecular weight excluding hydrogens is 953 g/mol. The van der Waals surface area contributed by atoms with Crippen LogP contribution in [0.5, 0.6) is 5.75 Å². The number of amides is 4. The van der Waals surface area contributed by atoms with Crippen molar-refractivity contribution in [2.24, 2.45) is 10.2 Å². The summed E-state index contributed by atoms with van der Waals surface area (Å²) in [7, 11) is 0. The summed E-state index contributed by atoms with van der Waals surface area (Å²) in [5.74, 6) is 5.78. The lowest BCUT2D eigenvalue weighted by Crippen LogP contribution is -2.35. The van der Waals surface area contributed by atoms with Crippen LogP contribution in [0.2, 0.25) is 0 Å². The molecule has 386 valence electrons. The molecule has 4 amide bonds. The molecule has 0 spiro atoms. The van der Waals surface area contributed by atoms with Gasteiger partial charge in [0, 0.05) is 55.1 Å². The van der Waals surface area contributed by atoms with Crippen LogP contribution in [-0.4, -0.2) is 108 Å². The number of ether oxygens (including phenoxy) is 5. The number of phenolic OH excluding ortho intramolecular Hbond substituents is 1. The lowest BCUT2D eigenvalue weighted by molar-refractivity contribution is -0.122. The van der Waals surface area contributed by atoms with E-state index in [9.17, 15) is 24.3 Å². The molecule has 8 rings (SSSR count). The third kappa shape index (κ3) is 15.4. The van der Waals surface area contributed by atoms with E-state index in [0.29, 0.717) is 83.6 Å². The van der Waals surface area contributed by atoms with Gasteiger partial charge in [0.25, 0.3) is 5.91 Å². The van der Waals surface area contributed by atoms with Crippen molar-refractivity contribution in [2.45, 2.75) is 31.7 Å². The molecule has 0 radical (unpaired) electrons. The standard InChI is InChI=1S/C59H60N6O10/c66-55-39-42(25-28-62-59(70)75-41-52-50-14-6-4-12-48(50)49-13-5-7-15-51(49)52)17-24-53(55)64-63-47-22-20-45(21-23-47)58(69)61-30-32-72-34-36-74-38-37-73-35-33-71-31-27-56(67)60-29-26-57(68)65-40-46-11-2-1-9-43(46)18-19-44-10-3-8-16-54(44)65/h1-17,20-24,39,52,66H,25-38,40-41H2,(H,60,67)(H,61,69)(H,62,70). The van der Waals surface area contributed by atoms with Crippen molar-refractivity contribution >= 4 is 40.9 Å². The highest BCUT2D eigenvalue weighted by Gasteiger charge is 2.29. The molecule has 1 aliphatic carbocycles. The molecule has 6 aromatic rings. The number of phenols is 1. The summed E-state index contributed by atoms with van der Waals surface area (Å²) in [5, 5.41) is 27.4. The second-order valence-electron chi connectivity index (χ2n) is 17.5. The first-order chi connectivity index (χ1) is 36.8. The molecule has 16 nitrogen and oxygen atoms in total. The largest absolute Gasteiger partial charge is 0.506 e. The summed E-state index contributed by atoms with van der Waals surface area (Å²) in [6.07, 6.45) is 0.292. The highest BCUT2D eigenvalue weighted by atomic mass is 16.6. The normalized spacial score (nSPS) is 12.3. The molecular formula is C59H60N6O10. The van der Waals surface area contributed by atoms with E-state index in [1.54, 1.807) is 41.3 Å². The van der Waals surface area contributed by atoms with E-state index in [0.717, 1.165) is 39.1 Å². The van der Waals surface area contributed by atoms with Crippen molar-refractivity contribution in [2.75, 3.05) is 84.0 Å². The maximum atomic E-state index is 13.3. The number of nitrogens with zero attached hydrogens (tertiary/aromatic N) is 3. The zero-order valence-electron chi connectivity index (χ0n) is 41.6. The average molecular weight is 1010 g/mol. The van der Waals surface area contributed by atoms with Crippen LogP contribution < -0.4 is 20.9 Å². The third-order valence-corrected chi connectivity index (χ3v) is 12.4. The van der Waals surface area contributed by atoms with Crippen molar-refractivity contribution in [1.82, 2.24) is 16.0 Å². The van der Waals surface area contributed by atoms with Gasteiger partial charge in [-0.2, -0.15) is 5.11 Å². The molecule has 1 heterocycles. The maximum Gasteiger partial charge on any atom is 0.407 e. The number of carbonyl (C=O) groups is 4. The quantitative estimate of drug-likeness (QED) is 0.0232. The number of nitrogens with one attached hydrogen (secondary N) is 3. The zero-order valence-corrected chi connectivity index (χ0v) is 41.6. The van der Waals surface area contributed by atoms with Crippen LogP contribution in [0.1, 0.15) is 62.5 Å². The van der Waals surface area contributed by atoms with Gasteiger partial charge < -0.3 is 49.6 Å². The summed E-state index contributed by atoms with van der Waals surface area (Å²) in [4.78, 5) is 52.7. The van der Waals surface area contributed by atoms with Crippen molar-refractivity contribution in [3.05, 3.63) is 178 Å². The Hall–Kier alpha value is -8.20. The number of rotatable bonds is 26. The Kier molecular flexibility index (Phi) is 19.6. The Morgan fingerprint density at radius 1 is 0.600 bits per heavy atom. The predicted octanol–water partition coefficient (Wildman–Crippen LogP) is 8.53. The van der Waals surface area contributed by atoms with Crippen molar-refractivity contribution in [1.29, 1.82) is 0 Å². The van der Waals surface area contributed by atoms with Crippen LogP contribution in [-0.2, 0) is 46.2 Å². The molecule has 75 heavy (non-hydrogen) atoms. The molecule has 0 atom stereocenters. The van der Waals surface area contributed by atoms with Crippen LogP contribution in [0.4, 0.5) is 21.9 Å². The monoisotopic (exact) mass is 1010 g/mol. The minimum atomic E-state index is -0.500. The summed E-state index contributed by atoms with van der Waals surface area (Å²) in [6.45, 7) is 4.16. The first kappa shape index (κ1) is 53.1. The van der Waals surface area contributed by atoms with Crippen LogP contribution in [0.3, 0.4) is 0 Å². The molecule has 0 fully saturated rings. The number of benzene rings is 6. The van der Waals surface area contributed by atoms with E-state index in [-0.39, 0.29) is 67.7 Å². The maximum absolute atomic E-state index is 13.3. The Bertz CT molecular complexity index is 2960. The second-order valence-corrected chi connectivity index (χ2v) is 17.5. The van der Waals surface area contributed by atoms with Gasteiger partial charge in [-0.15, -0.1) is 5.11 Å². The highest BCUT2D eigenvalue weighted by molar-refractivity contribution is 5.96. The highest BCUT2D eigenvalue weighted by Crippen LogP contribution is 2.44. The Morgan fingerprint density at radius 3 is 1.95 bits per heavy atom. The Balaban J connectivity index is 0.605. The van der Waals surface area contributed by atoms with E-state index in [2.05, 4.69) is 62.3 Å². The molecule has 1 aliphatic heterocycles. The van der Waals surface area contributed by atoms with Crippen molar-refractivity contribution in [3.63, 3.8) is 0 Å². The fourth-order valence-electron chi connectivity index (χ4n) is 8.56. The lowest BCUT2D eigenvalue weighted by Gasteiger charge is -2.26. The van der Waals surface area contributed by atoms with Crippen LogP contribution in [0.15, 0.2) is 150 Å². The fourth-order valence-corrected chi connectivity index (χ4v) is 8.56. The molecule has 6 aromatic carbocycles. The van der Waals surface area contributed by atoms with Gasteiger partial charge in [-0.3, -0.25) is 14.4 Å². The average Bonchev–Trinajstić information content (AvgIpc) is 3.75. The van der Waals surface area contributed by atoms with Gasteiger partial charge in [0.15, 0.2) is 0 Å². The van der Waals surface area contributed by atoms with Crippen LogP contribution in [0, 0.1) is 11.8 Å². The number of fused-ring (bicyclic) bond motifs is 5. The van der Waals surface area contributed by atoms with Gasteiger partial charge in [-0.25, -0.2) is 4.79 Å². The van der Waals surface area contributed by atoms with Gasteiger partial charge in [0.05, 0.1) is 70.8 Å². The predicted molar refractivity (Wildman–Crippen MR) is 283 cm³/mol. The first-order valence-electron chi connectivity index (χ1n) is 25.1. The van der Waals surface area contributed by atoms with Gasteiger partial charge in [0.1, 0.15) is 18.0 Å². The number of hydrogen-bond donors (Lipinski definition) is 4. The topological polar surface area (TPSA) is 199 Å². The smallest absolute Gasteiger partial charge is 0.407 e. The Labute approximate surface area is 436 Å². The number of carbonyl (C=O) groups excluding carboxylic acids is 4. The molecule has 0 unspecified atom stereocenters. The number of alkyl carbamates (subject to hydrolysis) is 1. The number of hydrogen-bond acceptors (Lipinski definition) is 12. The number of aromatic hydroxyl groups is 1. The Morgan fingerprint density at radius 2 is 1.23 bits per heavy atom. The number of azo groups is 1. The van der Waals surface area contributed by atoms with E-state index in [1.165, 1.54) is 11.1 Å². The van der Waals surface area contributed by atoms with E-state index >= 15 is 0 Å². The third-order valence-electron chi connectivity index (χ3n) is 12.4. The van der Waals surface area contributed by atoms with Gasteiger partial charge in [0.2, 0.25) is 11.8 Å². The molecule has 0 saturated heterocycles. The minimum Gasteiger partial charge on any atom is -0.506 e. The summed E-state index contributed by atoms with van der Waals surface area (Å²) >= 11 is 0. The van der Waals surface area contributed by atoms with Crippen molar-refractivity contribution in [3.8, 4) is 28.7 Å². The fraction of sp³-hybridized carbons (Fsp3) is 0.288. The van der Waals surface area contributed by atoms with Gasteiger partial charge in [-0.1, -0.05) is 96.8 Å². The van der Waals surface area contributed by atoms with Gasteiger partial charge in [-0.05, 0) is 94.4 Å². The van der Waals surface area contributed by atoms with E-state index in [1.807, 2.05) is 78.9 Å². The lowest BCUT2D eigenvalue weighted by atomic mass is 9.98. The van der Waals surface area contributed by atoms with Gasteiger partial charge >= 0.3 is 6.09 Å². The van der Waals surface area contributed by atoms with E-state index < -0.39 is 6.09 Å². The van der Waals surface area contributed by atoms with E-state index in [4.69, 9.17) is 23.7 Å². The molecule has 0 bridgehead atoms. The summed E-state index contributed by atoms with van der Waals surface area (Å²) in [5.41, 5.74) is 10.1. The number of anilines is 1. The summed E-state index contributed by atoms with van der Waals surface area (Å²) in [6, 6.07) is 43.4.